The van der Waals surface area contributed by atoms with Crippen molar-refractivity contribution in [1.29, 1.82) is 5.26 Å². The Balaban J connectivity index is 1.90. The van der Waals surface area contributed by atoms with Crippen molar-refractivity contribution in [3.63, 3.8) is 0 Å². The Hall–Kier alpha value is -2.02. The summed E-state index contributed by atoms with van der Waals surface area (Å²) >= 11 is 0. The van der Waals surface area contributed by atoms with Crippen LogP contribution in [0.15, 0.2) is 24.3 Å². The summed E-state index contributed by atoms with van der Waals surface area (Å²) in [5.41, 5.74) is 0.529. The minimum absolute atomic E-state index is 0.0886. The van der Waals surface area contributed by atoms with Gasteiger partial charge in [0.05, 0.1) is 11.6 Å². The molecule has 0 bridgehead atoms. The largest absolute Gasteiger partial charge is 0.481 e. The number of nitrogens with one attached hydrogen (secondary N) is 1. The molecule has 0 heterocycles. The van der Waals surface area contributed by atoms with Crippen LogP contribution in [0.1, 0.15) is 38.2 Å². The molecule has 1 amide bonds. The second-order valence-electron chi connectivity index (χ2n) is 4.89. The Morgan fingerprint density at radius 2 is 2.21 bits per heavy atom. The van der Waals surface area contributed by atoms with E-state index >= 15 is 0 Å². The number of hydrogen-bond acceptors (Lipinski definition) is 3. The van der Waals surface area contributed by atoms with Gasteiger partial charge in [0.25, 0.3) is 5.91 Å². The Labute approximate surface area is 113 Å². The second kappa shape index (κ2) is 6.24. The van der Waals surface area contributed by atoms with E-state index in [1.807, 2.05) is 6.07 Å². The maximum Gasteiger partial charge on any atom is 0.260 e. The van der Waals surface area contributed by atoms with E-state index < -0.39 is 6.10 Å². The molecule has 0 aliphatic heterocycles. The molecular formula is C15H18N2O2. The van der Waals surface area contributed by atoms with Crippen molar-refractivity contribution in [3.05, 3.63) is 29.8 Å². The van der Waals surface area contributed by atoms with Crippen LogP contribution in [0.2, 0.25) is 0 Å². The molecule has 1 fully saturated rings. The van der Waals surface area contributed by atoms with Crippen molar-refractivity contribution < 1.29 is 9.53 Å². The zero-order valence-electron chi connectivity index (χ0n) is 11.1. The number of amides is 1. The van der Waals surface area contributed by atoms with Crippen molar-refractivity contribution >= 4 is 5.91 Å². The lowest BCUT2D eigenvalue weighted by Crippen LogP contribution is -2.41. The standard InChI is InChI=1S/C15H18N2O2/c1-11(15(18)17-13-6-2-3-7-13)19-14-8-4-5-12(9-14)10-16/h4-5,8-9,11,13H,2-3,6-7H2,1H3,(H,17,18). The average molecular weight is 258 g/mol. The molecule has 1 atom stereocenters. The van der Waals surface area contributed by atoms with Crippen molar-refractivity contribution in [2.75, 3.05) is 0 Å². The van der Waals surface area contributed by atoms with Gasteiger partial charge in [-0.1, -0.05) is 18.9 Å². The lowest BCUT2D eigenvalue weighted by Gasteiger charge is -2.18. The van der Waals surface area contributed by atoms with Crippen LogP contribution in [0, 0.1) is 11.3 Å². The second-order valence-corrected chi connectivity index (χ2v) is 4.89. The Kier molecular flexibility index (Phi) is 4.40. The highest BCUT2D eigenvalue weighted by Crippen LogP contribution is 2.18. The highest BCUT2D eigenvalue weighted by Gasteiger charge is 2.21. The van der Waals surface area contributed by atoms with Gasteiger partial charge in [0.1, 0.15) is 5.75 Å². The van der Waals surface area contributed by atoms with Gasteiger partial charge in [0.15, 0.2) is 6.10 Å². The summed E-state index contributed by atoms with van der Waals surface area (Å²) < 4.78 is 5.57. The number of benzene rings is 1. The molecule has 19 heavy (non-hydrogen) atoms. The van der Waals surface area contributed by atoms with Crippen LogP contribution in [0.3, 0.4) is 0 Å². The molecule has 0 saturated heterocycles. The first-order valence-corrected chi connectivity index (χ1v) is 6.66. The fourth-order valence-electron chi connectivity index (χ4n) is 2.29. The lowest BCUT2D eigenvalue weighted by molar-refractivity contribution is -0.127. The van der Waals surface area contributed by atoms with Gasteiger partial charge in [0, 0.05) is 6.04 Å². The summed E-state index contributed by atoms with van der Waals surface area (Å²) in [4.78, 5) is 12.0. The first-order valence-electron chi connectivity index (χ1n) is 6.66. The number of rotatable bonds is 4. The average Bonchev–Trinajstić information content (AvgIpc) is 2.91. The van der Waals surface area contributed by atoms with Gasteiger partial charge < -0.3 is 10.1 Å². The van der Waals surface area contributed by atoms with E-state index in [0.29, 0.717) is 17.4 Å². The van der Waals surface area contributed by atoms with E-state index in [1.54, 1.807) is 31.2 Å². The van der Waals surface area contributed by atoms with E-state index in [2.05, 4.69) is 5.32 Å². The molecule has 1 aliphatic carbocycles. The molecule has 0 spiro atoms. The molecular weight excluding hydrogens is 240 g/mol. The van der Waals surface area contributed by atoms with Gasteiger partial charge in [0.2, 0.25) is 0 Å². The highest BCUT2D eigenvalue weighted by atomic mass is 16.5. The minimum atomic E-state index is -0.547. The first kappa shape index (κ1) is 13.4. The topological polar surface area (TPSA) is 62.1 Å². The molecule has 1 unspecified atom stereocenters. The van der Waals surface area contributed by atoms with Gasteiger partial charge in [-0.25, -0.2) is 0 Å². The number of nitriles is 1. The Morgan fingerprint density at radius 3 is 2.89 bits per heavy atom. The van der Waals surface area contributed by atoms with Crippen LogP contribution in [0.25, 0.3) is 0 Å². The van der Waals surface area contributed by atoms with E-state index in [0.717, 1.165) is 12.8 Å². The maximum absolute atomic E-state index is 12.0. The maximum atomic E-state index is 12.0. The molecule has 0 radical (unpaired) electrons. The zero-order valence-corrected chi connectivity index (χ0v) is 11.1. The van der Waals surface area contributed by atoms with Gasteiger partial charge >= 0.3 is 0 Å². The smallest absolute Gasteiger partial charge is 0.260 e. The summed E-state index contributed by atoms with van der Waals surface area (Å²) in [6.45, 7) is 1.73. The number of nitrogens with zero attached hydrogens (tertiary/aromatic N) is 1. The summed E-state index contributed by atoms with van der Waals surface area (Å²) in [5, 5.41) is 11.8. The molecule has 0 aromatic heterocycles. The minimum Gasteiger partial charge on any atom is -0.481 e. The molecule has 4 nitrogen and oxygen atoms in total. The number of carbonyl (C=O) groups is 1. The van der Waals surface area contributed by atoms with Crippen LogP contribution in [0.5, 0.6) is 5.75 Å². The van der Waals surface area contributed by atoms with Crippen molar-refractivity contribution in [3.8, 4) is 11.8 Å². The van der Waals surface area contributed by atoms with E-state index in [9.17, 15) is 4.79 Å². The fraction of sp³-hybridized carbons (Fsp3) is 0.467. The van der Waals surface area contributed by atoms with Crippen LogP contribution >= 0.6 is 0 Å². The number of carbonyl (C=O) groups excluding carboxylic acids is 1. The summed E-state index contributed by atoms with van der Waals surface area (Å²) in [5.74, 6) is 0.461. The van der Waals surface area contributed by atoms with Crippen LogP contribution in [0.4, 0.5) is 0 Å². The quantitative estimate of drug-likeness (QED) is 0.902. The molecule has 1 N–H and O–H groups in total. The van der Waals surface area contributed by atoms with Gasteiger partial charge in [-0.2, -0.15) is 5.26 Å². The molecule has 100 valence electrons. The zero-order chi connectivity index (χ0) is 13.7. The Morgan fingerprint density at radius 1 is 1.47 bits per heavy atom. The predicted molar refractivity (Wildman–Crippen MR) is 71.6 cm³/mol. The number of hydrogen-bond donors (Lipinski definition) is 1. The molecule has 1 aliphatic rings. The molecule has 1 aromatic rings. The summed E-state index contributed by atoms with van der Waals surface area (Å²) in [6, 6.07) is 9.18. The first-order chi connectivity index (χ1) is 9.19. The van der Waals surface area contributed by atoms with Gasteiger partial charge in [-0.15, -0.1) is 0 Å². The Bertz CT molecular complexity index is 487. The predicted octanol–water partition coefficient (Wildman–Crippen LogP) is 2.38. The van der Waals surface area contributed by atoms with Crippen LogP contribution < -0.4 is 10.1 Å². The lowest BCUT2D eigenvalue weighted by atomic mass is 10.2. The van der Waals surface area contributed by atoms with Crippen molar-refractivity contribution in [2.24, 2.45) is 0 Å². The van der Waals surface area contributed by atoms with Crippen molar-refractivity contribution in [2.45, 2.75) is 44.8 Å². The molecule has 4 heteroatoms. The van der Waals surface area contributed by atoms with Crippen LogP contribution in [-0.4, -0.2) is 18.1 Å². The number of ether oxygens (including phenoxy) is 1. The van der Waals surface area contributed by atoms with Crippen molar-refractivity contribution in [1.82, 2.24) is 5.32 Å². The third kappa shape index (κ3) is 3.72. The van der Waals surface area contributed by atoms with Crippen LogP contribution in [-0.2, 0) is 4.79 Å². The molecule has 2 rings (SSSR count). The monoisotopic (exact) mass is 258 g/mol. The normalized spacial score (nSPS) is 16.6. The third-order valence-corrected chi connectivity index (χ3v) is 3.35. The summed E-state index contributed by atoms with van der Waals surface area (Å²) in [7, 11) is 0. The molecule has 1 saturated carbocycles. The SMILES string of the molecule is CC(Oc1cccc(C#N)c1)C(=O)NC1CCCC1. The summed E-state index contributed by atoms with van der Waals surface area (Å²) in [6.07, 6.45) is 3.94. The van der Waals surface area contributed by atoms with E-state index in [4.69, 9.17) is 10.00 Å². The molecule has 1 aromatic carbocycles. The fourth-order valence-corrected chi connectivity index (χ4v) is 2.29. The van der Waals surface area contributed by atoms with E-state index in [1.165, 1.54) is 12.8 Å². The van der Waals surface area contributed by atoms with Gasteiger partial charge in [-0.3, -0.25) is 4.79 Å². The third-order valence-electron chi connectivity index (χ3n) is 3.35. The highest BCUT2D eigenvalue weighted by molar-refractivity contribution is 5.81. The van der Waals surface area contributed by atoms with Gasteiger partial charge in [-0.05, 0) is 38.0 Å². The van der Waals surface area contributed by atoms with E-state index in [-0.39, 0.29) is 5.91 Å².